The number of ether oxygens (including phenoxy) is 2. The number of aromatic nitrogens is 1. The molecule has 2 aromatic rings. The average Bonchev–Trinajstić information content (AvgIpc) is 2.71. The third-order valence-electron chi connectivity index (χ3n) is 3.19. The molecule has 0 radical (unpaired) electrons. The summed E-state index contributed by atoms with van der Waals surface area (Å²) in [6.45, 7) is 7.22. The minimum absolute atomic E-state index is 0.691. The van der Waals surface area contributed by atoms with Gasteiger partial charge in [-0.15, -0.1) is 0 Å². The van der Waals surface area contributed by atoms with E-state index in [2.05, 4.69) is 29.4 Å². The number of methoxy groups -OCH3 is 1. The number of nitrogens with one attached hydrogen (secondary N) is 2. The smallest absolute Gasteiger partial charge is 0.120 e. The van der Waals surface area contributed by atoms with Gasteiger partial charge in [0, 0.05) is 36.8 Å². The van der Waals surface area contributed by atoms with Crippen LogP contribution in [0.4, 0.5) is 0 Å². The fourth-order valence-corrected chi connectivity index (χ4v) is 2.23. The van der Waals surface area contributed by atoms with Crippen molar-refractivity contribution >= 4 is 10.9 Å². The number of hydrogen-bond donors (Lipinski definition) is 2. The molecule has 0 amide bonds. The first-order chi connectivity index (χ1) is 9.26. The molecule has 0 aliphatic rings. The molecule has 4 heteroatoms. The van der Waals surface area contributed by atoms with E-state index in [1.54, 1.807) is 7.11 Å². The minimum Gasteiger partial charge on any atom is -0.494 e. The Labute approximate surface area is 114 Å². The maximum absolute atomic E-state index is 5.57. The molecule has 4 nitrogen and oxygen atoms in total. The lowest BCUT2D eigenvalue weighted by Crippen LogP contribution is -2.18. The molecule has 1 aromatic carbocycles. The third-order valence-corrected chi connectivity index (χ3v) is 3.19. The second-order valence-electron chi connectivity index (χ2n) is 4.54. The number of H-pyrrole nitrogens is 1. The van der Waals surface area contributed by atoms with Gasteiger partial charge < -0.3 is 19.8 Å². The van der Waals surface area contributed by atoms with Crippen LogP contribution in [0.15, 0.2) is 18.2 Å². The summed E-state index contributed by atoms with van der Waals surface area (Å²) in [5.41, 5.74) is 3.66. The summed E-state index contributed by atoms with van der Waals surface area (Å²) in [6.07, 6.45) is 0. The van der Waals surface area contributed by atoms with Gasteiger partial charge in [0.1, 0.15) is 5.75 Å². The number of benzene rings is 1. The Morgan fingerprint density at radius 1 is 1.32 bits per heavy atom. The molecule has 0 atom stereocenters. The van der Waals surface area contributed by atoms with Crippen LogP contribution in [0.25, 0.3) is 10.9 Å². The lowest BCUT2D eigenvalue weighted by atomic mass is 10.1. The van der Waals surface area contributed by atoms with Crippen LogP contribution < -0.4 is 10.1 Å². The van der Waals surface area contributed by atoms with Crippen molar-refractivity contribution in [2.45, 2.75) is 20.4 Å². The van der Waals surface area contributed by atoms with Crippen LogP contribution in [-0.2, 0) is 11.3 Å². The van der Waals surface area contributed by atoms with Gasteiger partial charge in [0.2, 0.25) is 0 Å². The first-order valence-corrected chi connectivity index (χ1v) is 6.70. The molecule has 0 aliphatic heterocycles. The predicted octanol–water partition coefficient (Wildman–Crippen LogP) is 2.61. The Morgan fingerprint density at radius 3 is 2.89 bits per heavy atom. The first-order valence-electron chi connectivity index (χ1n) is 6.70. The molecule has 2 N–H and O–H groups in total. The topological polar surface area (TPSA) is 46.3 Å². The summed E-state index contributed by atoms with van der Waals surface area (Å²) in [5.74, 6) is 0.923. The van der Waals surface area contributed by atoms with Gasteiger partial charge in [0.15, 0.2) is 0 Å². The SMILES string of the molecule is CCOc1ccc2[nH]c(C)c(CNCCOC)c2c1. The van der Waals surface area contributed by atoms with E-state index in [0.29, 0.717) is 6.61 Å². The Bertz CT molecular complexity index is 534. The standard InChI is InChI=1S/C15H22N2O2/c1-4-19-12-5-6-15-13(9-12)14(11(2)17-15)10-16-7-8-18-3/h5-6,9,16-17H,4,7-8,10H2,1-3H3. The molecule has 0 unspecified atom stereocenters. The van der Waals surface area contributed by atoms with Crippen LogP contribution in [0, 0.1) is 6.92 Å². The predicted molar refractivity (Wildman–Crippen MR) is 77.8 cm³/mol. The van der Waals surface area contributed by atoms with E-state index in [1.807, 2.05) is 13.0 Å². The second kappa shape index (κ2) is 6.59. The molecule has 0 spiro atoms. The summed E-state index contributed by atoms with van der Waals surface area (Å²) in [7, 11) is 1.72. The van der Waals surface area contributed by atoms with Crippen LogP contribution in [-0.4, -0.2) is 31.9 Å². The number of aromatic amines is 1. The highest BCUT2D eigenvalue weighted by atomic mass is 16.5. The van der Waals surface area contributed by atoms with Gasteiger partial charge in [0.05, 0.1) is 13.2 Å². The molecule has 0 bridgehead atoms. The van der Waals surface area contributed by atoms with Gasteiger partial charge in [0.25, 0.3) is 0 Å². The highest BCUT2D eigenvalue weighted by Crippen LogP contribution is 2.26. The van der Waals surface area contributed by atoms with Crippen LogP contribution in [0.5, 0.6) is 5.75 Å². The van der Waals surface area contributed by atoms with E-state index in [1.165, 1.54) is 16.6 Å². The summed E-state index contributed by atoms with van der Waals surface area (Å²) in [6, 6.07) is 6.19. The van der Waals surface area contributed by atoms with Gasteiger partial charge in [-0.1, -0.05) is 0 Å². The fourth-order valence-electron chi connectivity index (χ4n) is 2.23. The maximum atomic E-state index is 5.57. The van der Waals surface area contributed by atoms with E-state index in [4.69, 9.17) is 9.47 Å². The molecular weight excluding hydrogens is 240 g/mol. The zero-order valence-electron chi connectivity index (χ0n) is 11.9. The Kier molecular flexibility index (Phi) is 4.82. The van der Waals surface area contributed by atoms with Gasteiger partial charge >= 0.3 is 0 Å². The number of hydrogen-bond acceptors (Lipinski definition) is 3. The van der Waals surface area contributed by atoms with Crippen molar-refractivity contribution in [2.75, 3.05) is 26.9 Å². The molecule has 1 heterocycles. The Morgan fingerprint density at radius 2 is 2.16 bits per heavy atom. The van der Waals surface area contributed by atoms with E-state index in [-0.39, 0.29) is 0 Å². The van der Waals surface area contributed by atoms with Crippen LogP contribution >= 0.6 is 0 Å². The lowest BCUT2D eigenvalue weighted by molar-refractivity contribution is 0.199. The van der Waals surface area contributed by atoms with Crippen molar-refractivity contribution in [1.29, 1.82) is 0 Å². The molecule has 0 fully saturated rings. The number of fused-ring (bicyclic) bond motifs is 1. The minimum atomic E-state index is 0.691. The van der Waals surface area contributed by atoms with E-state index < -0.39 is 0 Å². The summed E-state index contributed by atoms with van der Waals surface area (Å²) in [5, 5.41) is 4.62. The zero-order valence-corrected chi connectivity index (χ0v) is 11.9. The van der Waals surface area contributed by atoms with Crippen molar-refractivity contribution in [1.82, 2.24) is 10.3 Å². The van der Waals surface area contributed by atoms with E-state index >= 15 is 0 Å². The quantitative estimate of drug-likeness (QED) is 0.754. The summed E-state index contributed by atoms with van der Waals surface area (Å²) >= 11 is 0. The van der Waals surface area contributed by atoms with E-state index in [9.17, 15) is 0 Å². The number of aryl methyl sites for hydroxylation is 1. The fraction of sp³-hybridized carbons (Fsp3) is 0.467. The first kappa shape index (κ1) is 13.9. The van der Waals surface area contributed by atoms with Gasteiger partial charge in [-0.25, -0.2) is 0 Å². The van der Waals surface area contributed by atoms with Crippen LogP contribution in [0.3, 0.4) is 0 Å². The zero-order chi connectivity index (χ0) is 13.7. The second-order valence-corrected chi connectivity index (χ2v) is 4.54. The molecule has 104 valence electrons. The Hall–Kier alpha value is -1.52. The monoisotopic (exact) mass is 262 g/mol. The molecule has 0 saturated heterocycles. The molecule has 0 saturated carbocycles. The molecule has 0 aliphatic carbocycles. The van der Waals surface area contributed by atoms with Crippen LogP contribution in [0.2, 0.25) is 0 Å². The molecule has 1 aromatic heterocycles. The normalized spacial score (nSPS) is 11.1. The van der Waals surface area contributed by atoms with Gasteiger partial charge in [-0.2, -0.15) is 0 Å². The summed E-state index contributed by atoms with van der Waals surface area (Å²) in [4.78, 5) is 3.41. The van der Waals surface area contributed by atoms with Gasteiger partial charge in [-0.05, 0) is 37.6 Å². The third kappa shape index (κ3) is 3.28. The molecule has 2 rings (SSSR count). The van der Waals surface area contributed by atoms with Crippen molar-refractivity contribution in [3.05, 3.63) is 29.5 Å². The largest absolute Gasteiger partial charge is 0.494 e. The lowest BCUT2D eigenvalue weighted by Gasteiger charge is -2.06. The van der Waals surface area contributed by atoms with Crippen LogP contribution in [0.1, 0.15) is 18.2 Å². The molecular formula is C15H22N2O2. The highest BCUT2D eigenvalue weighted by molar-refractivity contribution is 5.86. The number of rotatable bonds is 7. The summed E-state index contributed by atoms with van der Waals surface area (Å²) < 4.78 is 10.6. The Balaban J connectivity index is 2.20. The molecule has 19 heavy (non-hydrogen) atoms. The average molecular weight is 262 g/mol. The van der Waals surface area contributed by atoms with Crippen molar-refractivity contribution in [2.24, 2.45) is 0 Å². The van der Waals surface area contributed by atoms with Crippen molar-refractivity contribution in [3.63, 3.8) is 0 Å². The maximum Gasteiger partial charge on any atom is 0.120 e. The van der Waals surface area contributed by atoms with Gasteiger partial charge in [-0.3, -0.25) is 0 Å². The van der Waals surface area contributed by atoms with Crippen molar-refractivity contribution < 1.29 is 9.47 Å². The van der Waals surface area contributed by atoms with Crippen molar-refractivity contribution in [3.8, 4) is 5.75 Å². The highest BCUT2D eigenvalue weighted by Gasteiger charge is 2.09. The van der Waals surface area contributed by atoms with E-state index in [0.717, 1.165) is 31.0 Å².